The van der Waals surface area contributed by atoms with Crippen molar-refractivity contribution in [2.45, 2.75) is 44.1 Å². The Hall–Kier alpha value is -1.69. The first-order valence-electron chi connectivity index (χ1n) is 8.69. The van der Waals surface area contributed by atoms with E-state index in [-0.39, 0.29) is 11.7 Å². The predicted molar refractivity (Wildman–Crippen MR) is 89.3 cm³/mol. The van der Waals surface area contributed by atoms with Gasteiger partial charge in [-0.05, 0) is 37.1 Å². The molecule has 24 heavy (non-hydrogen) atoms. The summed E-state index contributed by atoms with van der Waals surface area (Å²) in [6, 6.07) is 6.03. The molecule has 5 heteroatoms. The molecule has 2 atom stereocenters. The van der Waals surface area contributed by atoms with E-state index in [0.29, 0.717) is 13.2 Å². The number of pyridine rings is 1. The van der Waals surface area contributed by atoms with Crippen molar-refractivity contribution in [1.82, 2.24) is 9.88 Å². The van der Waals surface area contributed by atoms with Crippen LogP contribution in [0.15, 0.2) is 47.5 Å². The van der Waals surface area contributed by atoms with E-state index in [1.165, 1.54) is 12.0 Å². The lowest BCUT2D eigenvalue weighted by molar-refractivity contribution is -0.0548. The molecule has 0 amide bonds. The van der Waals surface area contributed by atoms with Gasteiger partial charge in [0, 0.05) is 37.5 Å². The van der Waals surface area contributed by atoms with E-state index >= 15 is 0 Å². The van der Waals surface area contributed by atoms with E-state index in [4.69, 9.17) is 13.9 Å². The smallest absolute Gasteiger partial charge is 0.0947 e. The van der Waals surface area contributed by atoms with Crippen molar-refractivity contribution in [2.75, 3.05) is 19.7 Å². The Balaban J connectivity index is 1.31. The van der Waals surface area contributed by atoms with Crippen LogP contribution in [0.5, 0.6) is 0 Å². The fraction of sp³-hybridized carbons (Fsp3) is 0.526. The van der Waals surface area contributed by atoms with Gasteiger partial charge in [0.1, 0.15) is 0 Å². The molecule has 0 aliphatic carbocycles. The summed E-state index contributed by atoms with van der Waals surface area (Å²) in [5.74, 6) is 0. The summed E-state index contributed by atoms with van der Waals surface area (Å²) < 4.78 is 17.5. The summed E-state index contributed by atoms with van der Waals surface area (Å²) in [5, 5.41) is 0. The number of furan rings is 1. The second-order valence-corrected chi connectivity index (χ2v) is 6.94. The maximum atomic E-state index is 6.23. The summed E-state index contributed by atoms with van der Waals surface area (Å²) in [6.07, 6.45) is 10.7. The molecule has 4 heterocycles. The van der Waals surface area contributed by atoms with Crippen LogP contribution in [0.25, 0.3) is 0 Å². The third-order valence-corrected chi connectivity index (χ3v) is 4.99. The molecule has 2 aromatic rings. The van der Waals surface area contributed by atoms with Gasteiger partial charge in [0.15, 0.2) is 0 Å². The average molecular weight is 328 g/mol. The van der Waals surface area contributed by atoms with E-state index in [2.05, 4.69) is 9.88 Å². The third-order valence-electron chi connectivity index (χ3n) is 4.99. The van der Waals surface area contributed by atoms with Crippen LogP contribution in [0, 0.1) is 0 Å². The highest BCUT2D eigenvalue weighted by Gasteiger charge is 2.43. The Labute approximate surface area is 142 Å². The Kier molecular flexibility index (Phi) is 4.65. The summed E-state index contributed by atoms with van der Waals surface area (Å²) in [5.41, 5.74) is 2.31. The Morgan fingerprint density at radius 3 is 3.17 bits per heavy atom. The second kappa shape index (κ2) is 7.05. The second-order valence-electron chi connectivity index (χ2n) is 6.94. The molecule has 0 bridgehead atoms. The van der Waals surface area contributed by atoms with E-state index < -0.39 is 0 Å². The zero-order valence-electron chi connectivity index (χ0n) is 13.9. The summed E-state index contributed by atoms with van der Waals surface area (Å²) in [4.78, 5) is 6.60. The van der Waals surface area contributed by atoms with Gasteiger partial charge in [0.2, 0.25) is 0 Å². The summed E-state index contributed by atoms with van der Waals surface area (Å²) >= 11 is 0. The quantitative estimate of drug-likeness (QED) is 0.844. The number of ether oxygens (including phenoxy) is 2. The first kappa shape index (κ1) is 15.8. The number of rotatable bonds is 5. The van der Waals surface area contributed by atoms with Gasteiger partial charge in [0.25, 0.3) is 0 Å². The van der Waals surface area contributed by atoms with Gasteiger partial charge in [-0.2, -0.15) is 0 Å². The first-order chi connectivity index (χ1) is 11.8. The molecule has 2 aromatic heterocycles. The lowest BCUT2D eigenvalue weighted by Crippen LogP contribution is -2.47. The highest BCUT2D eigenvalue weighted by molar-refractivity contribution is 5.08. The number of nitrogens with zero attached hydrogens (tertiary/aromatic N) is 2. The van der Waals surface area contributed by atoms with Crippen LogP contribution in [-0.4, -0.2) is 41.3 Å². The van der Waals surface area contributed by atoms with Gasteiger partial charge in [0.05, 0.1) is 37.4 Å². The van der Waals surface area contributed by atoms with E-state index in [1.807, 2.05) is 30.7 Å². The van der Waals surface area contributed by atoms with Gasteiger partial charge in [-0.1, -0.05) is 6.07 Å². The highest BCUT2D eigenvalue weighted by atomic mass is 16.6. The Morgan fingerprint density at radius 2 is 2.33 bits per heavy atom. The third kappa shape index (κ3) is 3.69. The van der Waals surface area contributed by atoms with E-state index in [0.717, 1.165) is 38.0 Å². The molecule has 0 N–H and O–H groups in total. The molecule has 2 aliphatic heterocycles. The van der Waals surface area contributed by atoms with Gasteiger partial charge in [-0.15, -0.1) is 0 Å². The van der Waals surface area contributed by atoms with Crippen LogP contribution in [0.4, 0.5) is 0 Å². The Bertz CT molecular complexity index is 631. The molecule has 2 aliphatic rings. The van der Waals surface area contributed by atoms with E-state index in [1.54, 1.807) is 12.5 Å². The fourth-order valence-electron chi connectivity index (χ4n) is 3.86. The van der Waals surface area contributed by atoms with Crippen molar-refractivity contribution in [3.05, 3.63) is 54.2 Å². The Morgan fingerprint density at radius 1 is 1.33 bits per heavy atom. The minimum absolute atomic E-state index is 0.0401. The van der Waals surface area contributed by atoms with Crippen LogP contribution in [0.1, 0.15) is 30.4 Å². The molecule has 2 saturated heterocycles. The van der Waals surface area contributed by atoms with Crippen molar-refractivity contribution in [1.29, 1.82) is 0 Å². The molecule has 0 radical (unpaired) electrons. The maximum Gasteiger partial charge on any atom is 0.0947 e. The monoisotopic (exact) mass is 328 g/mol. The highest BCUT2D eigenvalue weighted by Crippen LogP contribution is 2.36. The molecule has 128 valence electrons. The molecule has 0 unspecified atom stereocenters. The topological polar surface area (TPSA) is 47.7 Å². The SMILES string of the molecule is c1cncc(CO[C@@H]2CO[C@@]3(CCCN(Cc4ccoc4)C3)C2)c1. The lowest BCUT2D eigenvalue weighted by Gasteiger charge is -2.39. The number of hydrogen-bond donors (Lipinski definition) is 0. The molecule has 0 aromatic carbocycles. The van der Waals surface area contributed by atoms with Gasteiger partial charge in [-0.25, -0.2) is 0 Å². The van der Waals surface area contributed by atoms with E-state index in [9.17, 15) is 0 Å². The maximum absolute atomic E-state index is 6.23. The standard InChI is InChI=1S/C19H24N2O3/c1-3-16(10-20-6-1)13-23-18-9-19(24-14-18)5-2-7-21(15-19)11-17-4-8-22-12-17/h1,3-4,6,8,10,12,18H,2,5,7,9,11,13-15H2/t18-,19-/m0/s1. The van der Waals surface area contributed by atoms with Crippen LogP contribution in [0.3, 0.4) is 0 Å². The van der Waals surface area contributed by atoms with Crippen LogP contribution in [-0.2, 0) is 22.6 Å². The van der Waals surface area contributed by atoms with Crippen molar-refractivity contribution < 1.29 is 13.9 Å². The van der Waals surface area contributed by atoms with Crippen molar-refractivity contribution in [3.8, 4) is 0 Å². The van der Waals surface area contributed by atoms with Gasteiger partial charge in [-0.3, -0.25) is 9.88 Å². The molecule has 5 nitrogen and oxygen atoms in total. The molecule has 1 spiro atoms. The summed E-state index contributed by atoms with van der Waals surface area (Å²) in [6.45, 7) is 4.34. The molecule has 4 rings (SSSR count). The number of hydrogen-bond acceptors (Lipinski definition) is 5. The van der Waals surface area contributed by atoms with Crippen LogP contribution < -0.4 is 0 Å². The number of piperidine rings is 1. The fourth-order valence-corrected chi connectivity index (χ4v) is 3.86. The van der Waals surface area contributed by atoms with Crippen LogP contribution in [0.2, 0.25) is 0 Å². The van der Waals surface area contributed by atoms with Gasteiger partial charge < -0.3 is 13.9 Å². The van der Waals surface area contributed by atoms with Crippen molar-refractivity contribution in [2.24, 2.45) is 0 Å². The largest absolute Gasteiger partial charge is 0.472 e. The molecular weight excluding hydrogens is 304 g/mol. The number of likely N-dealkylation sites (tertiary alicyclic amines) is 1. The normalized spacial score (nSPS) is 27.8. The average Bonchev–Trinajstić information content (AvgIpc) is 3.25. The number of aromatic nitrogens is 1. The summed E-state index contributed by atoms with van der Waals surface area (Å²) in [7, 11) is 0. The minimum atomic E-state index is -0.0401. The zero-order chi connectivity index (χ0) is 16.2. The van der Waals surface area contributed by atoms with Crippen LogP contribution >= 0.6 is 0 Å². The zero-order valence-corrected chi connectivity index (χ0v) is 13.9. The molecular formula is C19H24N2O3. The first-order valence-corrected chi connectivity index (χ1v) is 8.69. The molecule has 0 saturated carbocycles. The minimum Gasteiger partial charge on any atom is -0.472 e. The van der Waals surface area contributed by atoms with Gasteiger partial charge >= 0.3 is 0 Å². The van der Waals surface area contributed by atoms with Crippen molar-refractivity contribution in [3.63, 3.8) is 0 Å². The molecule has 2 fully saturated rings. The van der Waals surface area contributed by atoms with Crippen molar-refractivity contribution >= 4 is 0 Å². The lowest BCUT2D eigenvalue weighted by atomic mass is 9.89. The predicted octanol–water partition coefficient (Wildman–Crippen LogP) is 3.01.